The van der Waals surface area contributed by atoms with E-state index in [0.29, 0.717) is 0 Å². The average Bonchev–Trinajstić information content (AvgIpc) is 1.80. The van der Waals surface area contributed by atoms with Crippen LogP contribution in [-0.4, -0.2) is 31.8 Å². The fourth-order valence-corrected chi connectivity index (χ4v) is 1.23. The van der Waals surface area contributed by atoms with E-state index in [1.165, 1.54) is 0 Å². The molecule has 3 nitrogen and oxygen atoms in total. The maximum Gasteiger partial charge on any atom is 0.265 e. The molecule has 7 heteroatoms. The van der Waals surface area contributed by atoms with Crippen LogP contribution < -0.4 is 0 Å². The Morgan fingerprint density at radius 1 is 1.36 bits per heavy atom. The first-order valence-corrected chi connectivity index (χ1v) is 4.27. The summed E-state index contributed by atoms with van der Waals surface area (Å²) < 4.78 is 62.8. The molecule has 0 aromatic carbocycles. The molecule has 0 spiro atoms. The van der Waals surface area contributed by atoms with Crippen molar-refractivity contribution in [3.63, 3.8) is 0 Å². The van der Waals surface area contributed by atoms with Crippen LogP contribution in [-0.2, 0) is 10.1 Å². The highest BCUT2D eigenvalue weighted by atomic mass is 32.2. The molecule has 0 rings (SSSR count). The minimum atomic E-state index is -4.50. The van der Waals surface area contributed by atoms with Gasteiger partial charge in [0, 0.05) is 0 Å². The molecule has 0 aromatic rings. The van der Waals surface area contributed by atoms with Crippen LogP contribution in [0.1, 0.15) is 0 Å². The highest BCUT2D eigenvalue weighted by Crippen LogP contribution is 2.12. The summed E-state index contributed by atoms with van der Waals surface area (Å²) in [4.78, 5) is 0. The maximum atomic E-state index is 11.6. The van der Waals surface area contributed by atoms with Gasteiger partial charge in [0.2, 0.25) is 6.43 Å². The zero-order valence-corrected chi connectivity index (χ0v) is 6.19. The first-order chi connectivity index (χ1) is 4.87. The standard InChI is InChI=1S/C4H7F3O3S/c5-1-3(4(6)7)2-11(8,9)10/h3-4H,1-2H2,(H,8,9,10). The Kier molecular flexibility index (Phi) is 3.81. The van der Waals surface area contributed by atoms with E-state index in [-0.39, 0.29) is 0 Å². The van der Waals surface area contributed by atoms with Gasteiger partial charge in [-0.2, -0.15) is 8.42 Å². The van der Waals surface area contributed by atoms with E-state index >= 15 is 0 Å². The quantitative estimate of drug-likeness (QED) is 0.668. The van der Waals surface area contributed by atoms with E-state index in [1.807, 2.05) is 0 Å². The van der Waals surface area contributed by atoms with Crippen LogP contribution in [0.25, 0.3) is 0 Å². The van der Waals surface area contributed by atoms with Gasteiger partial charge in [-0.1, -0.05) is 0 Å². The number of alkyl halides is 3. The number of rotatable bonds is 4. The molecular weight excluding hydrogens is 185 g/mol. The molecular formula is C4H7F3O3S. The Balaban J connectivity index is 4.10. The second-order valence-electron chi connectivity index (χ2n) is 2.00. The molecule has 0 aromatic heterocycles. The van der Waals surface area contributed by atoms with Crippen molar-refractivity contribution in [2.75, 3.05) is 12.4 Å². The minimum Gasteiger partial charge on any atom is -0.286 e. The zero-order chi connectivity index (χ0) is 9.07. The van der Waals surface area contributed by atoms with Crippen molar-refractivity contribution in [3.8, 4) is 0 Å². The van der Waals surface area contributed by atoms with Crippen molar-refractivity contribution < 1.29 is 26.1 Å². The van der Waals surface area contributed by atoms with Gasteiger partial charge in [0.25, 0.3) is 10.1 Å². The van der Waals surface area contributed by atoms with Gasteiger partial charge in [-0.25, -0.2) is 8.78 Å². The summed E-state index contributed by atoms with van der Waals surface area (Å²) in [5, 5.41) is 0. The monoisotopic (exact) mass is 192 g/mol. The lowest BCUT2D eigenvalue weighted by Gasteiger charge is -2.08. The molecule has 0 saturated heterocycles. The van der Waals surface area contributed by atoms with E-state index < -0.39 is 34.9 Å². The van der Waals surface area contributed by atoms with E-state index in [9.17, 15) is 21.6 Å². The Bertz CT molecular complexity index is 201. The second-order valence-corrected chi connectivity index (χ2v) is 3.49. The Labute approximate surface area is 62.0 Å². The van der Waals surface area contributed by atoms with Gasteiger partial charge >= 0.3 is 0 Å². The molecule has 0 amide bonds. The largest absolute Gasteiger partial charge is 0.286 e. The molecule has 1 N–H and O–H groups in total. The van der Waals surface area contributed by atoms with Crippen LogP contribution in [0.5, 0.6) is 0 Å². The van der Waals surface area contributed by atoms with Gasteiger partial charge in [-0.05, 0) is 0 Å². The summed E-state index contributed by atoms with van der Waals surface area (Å²) in [6.45, 7) is -1.46. The summed E-state index contributed by atoms with van der Waals surface area (Å²) in [6, 6.07) is 0. The molecule has 11 heavy (non-hydrogen) atoms. The zero-order valence-electron chi connectivity index (χ0n) is 5.37. The molecule has 1 unspecified atom stereocenters. The van der Waals surface area contributed by atoms with Gasteiger partial charge in [0.1, 0.15) is 0 Å². The predicted octanol–water partition coefficient (Wildman–Crippen LogP) is 0.725. The van der Waals surface area contributed by atoms with E-state index in [4.69, 9.17) is 4.55 Å². The average molecular weight is 192 g/mol. The smallest absolute Gasteiger partial charge is 0.265 e. The highest BCUT2D eigenvalue weighted by Gasteiger charge is 2.25. The molecule has 0 saturated carbocycles. The Morgan fingerprint density at radius 2 is 1.82 bits per heavy atom. The van der Waals surface area contributed by atoms with Crippen LogP contribution in [0.3, 0.4) is 0 Å². The molecule has 0 aliphatic carbocycles. The molecule has 1 atom stereocenters. The number of hydrogen-bond acceptors (Lipinski definition) is 2. The predicted molar refractivity (Wildman–Crippen MR) is 31.9 cm³/mol. The van der Waals surface area contributed by atoms with Crippen LogP contribution in [0.4, 0.5) is 13.2 Å². The van der Waals surface area contributed by atoms with E-state index in [1.54, 1.807) is 0 Å². The third-order valence-electron chi connectivity index (χ3n) is 0.979. The van der Waals surface area contributed by atoms with Crippen LogP contribution in [0.15, 0.2) is 0 Å². The van der Waals surface area contributed by atoms with E-state index in [2.05, 4.69) is 0 Å². The molecule has 68 valence electrons. The van der Waals surface area contributed by atoms with Crippen molar-refractivity contribution in [2.45, 2.75) is 6.43 Å². The molecule has 0 aliphatic rings. The van der Waals surface area contributed by atoms with Crippen molar-refractivity contribution in [3.05, 3.63) is 0 Å². The topological polar surface area (TPSA) is 54.4 Å². The summed E-state index contributed by atoms with van der Waals surface area (Å²) >= 11 is 0. The summed E-state index contributed by atoms with van der Waals surface area (Å²) in [5.41, 5.74) is 0. The summed E-state index contributed by atoms with van der Waals surface area (Å²) in [6.07, 6.45) is -3.07. The van der Waals surface area contributed by atoms with Gasteiger partial charge in [-0.3, -0.25) is 8.94 Å². The van der Waals surface area contributed by atoms with E-state index in [0.717, 1.165) is 0 Å². The second kappa shape index (κ2) is 3.91. The minimum absolute atomic E-state index is 1.23. The molecule has 0 aliphatic heterocycles. The first-order valence-electron chi connectivity index (χ1n) is 2.66. The Morgan fingerprint density at radius 3 is 1.91 bits per heavy atom. The summed E-state index contributed by atoms with van der Waals surface area (Å²) in [7, 11) is -4.50. The Hall–Kier alpha value is -0.300. The van der Waals surface area contributed by atoms with Gasteiger partial charge < -0.3 is 0 Å². The molecule has 0 fully saturated rings. The lowest BCUT2D eigenvalue weighted by atomic mass is 10.2. The molecule has 0 heterocycles. The normalized spacial score (nSPS) is 15.4. The fraction of sp³-hybridized carbons (Fsp3) is 1.00. The lowest BCUT2D eigenvalue weighted by molar-refractivity contribution is 0.0730. The van der Waals surface area contributed by atoms with Crippen LogP contribution in [0.2, 0.25) is 0 Å². The molecule has 0 bridgehead atoms. The first kappa shape index (κ1) is 10.7. The third-order valence-corrected chi connectivity index (χ3v) is 1.83. The SMILES string of the molecule is O=S(=O)(O)CC(CF)C(F)F. The van der Waals surface area contributed by atoms with Crippen LogP contribution >= 0.6 is 0 Å². The van der Waals surface area contributed by atoms with Gasteiger partial charge in [-0.15, -0.1) is 0 Å². The van der Waals surface area contributed by atoms with Gasteiger partial charge in [0.15, 0.2) is 0 Å². The van der Waals surface area contributed by atoms with Crippen LogP contribution in [0, 0.1) is 5.92 Å². The highest BCUT2D eigenvalue weighted by molar-refractivity contribution is 7.85. The van der Waals surface area contributed by atoms with Gasteiger partial charge in [0.05, 0.1) is 18.3 Å². The maximum absolute atomic E-state index is 11.6. The fourth-order valence-electron chi connectivity index (χ4n) is 0.455. The van der Waals surface area contributed by atoms with Crippen molar-refractivity contribution in [1.82, 2.24) is 0 Å². The van der Waals surface area contributed by atoms with Crippen molar-refractivity contribution in [2.24, 2.45) is 5.92 Å². The number of hydrogen-bond donors (Lipinski definition) is 1. The number of halogens is 3. The molecule has 0 radical (unpaired) electrons. The van der Waals surface area contributed by atoms with Crippen molar-refractivity contribution >= 4 is 10.1 Å². The lowest BCUT2D eigenvalue weighted by Crippen LogP contribution is -2.23. The summed E-state index contributed by atoms with van der Waals surface area (Å²) in [5.74, 6) is -3.16. The third kappa shape index (κ3) is 5.02. The van der Waals surface area contributed by atoms with Crippen molar-refractivity contribution in [1.29, 1.82) is 0 Å².